The van der Waals surface area contributed by atoms with Crippen molar-refractivity contribution in [2.45, 2.75) is 24.3 Å². The van der Waals surface area contributed by atoms with Crippen LogP contribution in [0, 0.1) is 0 Å². The zero-order valence-electron chi connectivity index (χ0n) is 14.5. The number of benzene rings is 1. The molecule has 4 rings (SSSR count). The number of carbonyl (C=O) groups is 2. The maximum Gasteiger partial charge on any atom is 0.239 e. The molecule has 0 radical (unpaired) electrons. The van der Waals surface area contributed by atoms with Crippen LogP contribution in [0.15, 0.2) is 30.3 Å². The third kappa shape index (κ3) is 2.93. The van der Waals surface area contributed by atoms with E-state index >= 15 is 0 Å². The first kappa shape index (κ1) is 16.5. The average Bonchev–Trinajstić information content (AvgIpc) is 2.69. The third-order valence-electron chi connectivity index (χ3n) is 5.97. The van der Waals surface area contributed by atoms with Gasteiger partial charge in [-0.1, -0.05) is 30.3 Å². The fourth-order valence-corrected chi connectivity index (χ4v) is 4.50. The molecule has 3 heterocycles. The largest absolute Gasteiger partial charge is 0.353 e. The summed E-state index contributed by atoms with van der Waals surface area (Å²) in [6.45, 7) is 5.30. The van der Waals surface area contributed by atoms with Crippen LogP contribution in [0.5, 0.6) is 0 Å². The second-order valence-electron chi connectivity index (χ2n) is 7.29. The molecule has 0 bridgehead atoms. The van der Waals surface area contributed by atoms with Gasteiger partial charge in [-0.15, -0.1) is 0 Å². The highest BCUT2D eigenvalue weighted by atomic mass is 16.2. The smallest absolute Gasteiger partial charge is 0.239 e. The van der Waals surface area contributed by atoms with Gasteiger partial charge in [-0.2, -0.15) is 0 Å². The second kappa shape index (κ2) is 6.77. The van der Waals surface area contributed by atoms with E-state index in [2.05, 4.69) is 27.7 Å². The number of fused-ring (bicyclic) bond motifs is 1. The molecule has 0 aliphatic carbocycles. The summed E-state index contributed by atoms with van der Waals surface area (Å²) in [4.78, 5) is 30.0. The molecule has 0 spiro atoms. The summed E-state index contributed by atoms with van der Waals surface area (Å²) in [6.07, 6.45) is 1.62. The molecule has 1 aromatic carbocycles. The van der Waals surface area contributed by atoms with Gasteiger partial charge < -0.3 is 15.5 Å². The monoisotopic (exact) mass is 342 g/mol. The first-order valence-corrected chi connectivity index (χ1v) is 9.28. The number of rotatable bonds is 2. The number of carbonyl (C=O) groups excluding carboxylic acids is 2. The Hall–Kier alpha value is -1.92. The number of amides is 2. The number of piperazine rings is 2. The Morgan fingerprint density at radius 3 is 2.56 bits per heavy atom. The summed E-state index contributed by atoms with van der Waals surface area (Å²) >= 11 is 0. The van der Waals surface area contributed by atoms with Gasteiger partial charge in [-0.05, 0) is 31.5 Å². The highest BCUT2D eigenvalue weighted by Crippen LogP contribution is 2.36. The van der Waals surface area contributed by atoms with Gasteiger partial charge in [0.15, 0.2) is 0 Å². The maximum absolute atomic E-state index is 13.6. The molecule has 6 nitrogen and oxygen atoms in total. The summed E-state index contributed by atoms with van der Waals surface area (Å²) in [5.74, 6) is 0.251. The lowest BCUT2D eigenvalue weighted by molar-refractivity contribution is -0.145. The van der Waals surface area contributed by atoms with Crippen molar-refractivity contribution < 1.29 is 9.59 Å². The van der Waals surface area contributed by atoms with Crippen molar-refractivity contribution in [3.05, 3.63) is 35.9 Å². The van der Waals surface area contributed by atoms with Gasteiger partial charge in [-0.3, -0.25) is 14.5 Å². The fourth-order valence-electron chi connectivity index (χ4n) is 4.50. The summed E-state index contributed by atoms with van der Waals surface area (Å²) in [6, 6.07) is 9.98. The summed E-state index contributed by atoms with van der Waals surface area (Å²) in [5.41, 5.74) is 0.650. The van der Waals surface area contributed by atoms with Crippen LogP contribution in [0.3, 0.4) is 0 Å². The third-order valence-corrected chi connectivity index (χ3v) is 5.97. The Bertz CT molecular complexity index is 642. The highest BCUT2D eigenvalue weighted by molar-refractivity contribution is 5.90. The van der Waals surface area contributed by atoms with E-state index in [1.54, 1.807) is 0 Å². The number of hydrogen-bond acceptors (Lipinski definition) is 4. The van der Waals surface area contributed by atoms with E-state index in [4.69, 9.17) is 0 Å². The summed E-state index contributed by atoms with van der Waals surface area (Å²) in [7, 11) is 0. The quantitative estimate of drug-likeness (QED) is 0.791. The molecule has 2 N–H and O–H groups in total. The molecule has 25 heavy (non-hydrogen) atoms. The van der Waals surface area contributed by atoms with E-state index < -0.39 is 5.41 Å². The van der Waals surface area contributed by atoms with Crippen LogP contribution >= 0.6 is 0 Å². The van der Waals surface area contributed by atoms with Gasteiger partial charge in [0, 0.05) is 32.7 Å². The predicted molar refractivity (Wildman–Crippen MR) is 95.2 cm³/mol. The maximum atomic E-state index is 13.6. The van der Waals surface area contributed by atoms with Gasteiger partial charge in [0.25, 0.3) is 0 Å². The van der Waals surface area contributed by atoms with Crippen LogP contribution in [0.4, 0.5) is 0 Å². The number of nitrogens with zero attached hydrogens (tertiary/aromatic N) is 2. The van der Waals surface area contributed by atoms with E-state index in [0.717, 1.165) is 44.6 Å². The zero-order valence-corrected chi connectivity index (χ0v) is 14.5. The average molecular weight is 342 g/mol. The molecule has 0 unspecified atom stereocenters. The van der Waals surface area contributed by atoms with Crippen LogP contribution in [-0.4, -0.2) is 73.5 Å². The van der Waals surface area contributed by atoms with E-state index in [9.17, 15) is 9.59 Å². The Morgan fingerprint density at radius 1 is 1.04 bits per heavy atom. The normalized spacial score (nSPS) is 26.6. The first-order valence-electron chi connectivity index (χ1n) is 9.28. The molecule has 3 aliphatic rings. The van der Waals surface area contributed by atoms with Gasteiger partial charge in [0.05, 0.1) is 5.41 Å². The van der Waals surface area contributed by atoms with Gasteiger partial charge in [-0.25, -0.2) is 0 Å². The number of hydrogen-bond donors (Lipinski definition) is 2. The highest BCUT2D eigenvalue weighted by Gasteiger charge is 2.46. The SMILES string of the molecule is O=C1NCCN2CCN(C(=O)C3(c4ccccc4)CCNCC3)C[C@H]12. The van der Waals surface area contributed by atoms with E-state index in [0.29, 0.717) is 19.6 Å². The van der Waals surface area contributed by atoms with Crippen molar-refractivity contribution >= 4 is 11.8 Å². The Labute approximate surface area is 148 Å². The molecule has 2 amide bonds. The minimum Gasteiger partial charge on any atom is -0.353 e. The van der Waals surface area contributed by atoms with E-state index in [1.165, 1.54) is 0 Å². The van der Waals surface area contributed by atoms with Crippen LogP contribution < -0.4 is 10.6 Å². The van der Waals surface area contributed by atoms with Crippen molar-refractivity contribution in [1.82, 2.24) is 20.4 Å². The van der Waals surface area contributed by atoms with Crippen molar-refractivity contribution in [1.29, 1.82) is 0 Å². The van der Waals surface area contributed by atoms with Crippen LogP contribution in [-0.2, 0) is 15.0 Å². The number of nitrogens with one attached hydrogen (secondary N) is 2. The lowest BCUT2D eigenvalue weighted by Crippen LogP contribution is -2.66. The van der Waals surface area contributed by atoms with Gasteiger partial charge in [0.2, 0.25) is 11.8 Å². The lowest BCUT2D eigenvalue weighted by atomic mass is 9.72. The molecule has 0 aromatic heterocycles. The Morgan fingerprint density at radius 2 is 1.80 bits per heavy atom. The molecule has 6 heteroatoms. The van der Waals surface area contributed by atoms with Gasteiger partial charge in [0.1, 0.15) is 6.04 Å². The lowest BCUT2D eigenvalue weighted by Gasteiger charge is -2.47. The van der Waals surface area contributed by atoms with Crippen molar-refractivity contribution in [2.24, 2.45) is 0 Å². The topological polar surface area (TPSA) is 64.7 Å². The molecule has 1 atom stereocenters. The van der Waals surface area contributed by atoms with E-state index in [1.807, 2.05) is 23.1 Å². The molecule has 3 aliphatic heterocycles. The van der Waals surface area contributed by atoms with Gasteiger partial charge >= 0.3 is 0 Å². The van der Waals surface area contributed by atoms with Crippen LogP contribution in [0.1, 0.15) is 18.4 Å². The van der Waals surface area contributed by atoms with Crippen molar-refractivity contribution in [3.8, 4) is 0 Å². The van der Waals surface area contributed by atoms with Crippen molar-refractivity contribution in [3.63, 3.8) is 0 Å². The standard InChI is InChI=1S/C19H26N4O2/c24-17-16-14-23(13-12-22(16)11-10-21-17)18(25)19(6-8-20-9-7-19)15-4-2-1-3-5-15/h1-5,16,20H,6-14H2,(H,21,24)/t16-/m1/s1. The first-order chi connectivity index (χ1) is 12.2. The van der Waals surface area contributed by atoms with Crippen LogP contribution in [0.25, 0.3) is 0 Å². The number of piperidine rings is 1. The fraction of sp³-hybridized carbons (Fsp3) is 0.579. The molecular formula is C19H26N4O2. The molecule has 3 saturated heterocycles. The molecule has 134 valence electrons. The summed E-state index contributed by atoms with van der Waals surface area (Å²) in [5, 5.41) is 6.31. The Kier molecular flexibility index (Phi) is 4.48. The minimum absolute atomic E-state index is 0.0582. The van der Waals surface area contributed by atoms with Crippen LogP contribution in [0.2, 0.25) is 0 Å². The van der Waals surface area contributed by atoms with Crippen molar-refractivity contribution in [2.75, 3.05) is 45.8 Å². The minimum atomic E-state index is -0.459. The Balaban J connectivity index is 1.60. The molecule has 0 saturated carbocycles. The zero-order chi connectivity index (χ0) is 17.3. The van der Waals surface area contributed by atoms with E-state index in [-0.39, 0.29) is 17.9 Å². The molecular weight excluding hydrogens is 316 g/mol. The second-order valence-corrected chi connectivity index (χ2v) is 7.29. The molecule has 1 aromatic rings. The molecule has 3 fully saturated rings. The summed E-state index contributed by atoms with van der Waals surface area (Å²) < 4.78 is 0. The predicted octanol–water partition coefficient (Wildman–Crippen LogP) is -0.0496.